The Labute approximate surface area is 154 Å². The highest BCUT2D eigenvalue weighted by molar-refractivity contribution is 5.89. The standard InChI is InChI=1S/C20H25N3O3/c1-25-18-6-2-3-7-19(18)26-15-12-21-20(24)22-16-8-10-17(11-9-16)23-13-4-5-14-23/h2-3,6-11H,4-5,12-15H2,1H3,(H2,21,22,24). The van der Waals surface area contributed by atoms with Crippen molar-refractivity contribution in [3.63, 3.8) is 0 Å². The number of methoxy groups -OCH3 is 1. The lowest BCUT2D eigenvalue weighted by Crippen LogP contribution is -2.32. The predicted molar refractivity (Wildman–Crippen MR) is 103 cm³/mol. The maximum atomic E-state index is 12.0. The zero-order valence-electron chi connectivity index (χ0n) is 15.0. The molecule has 0 atom stereocenters. The second-order valence-electron chi connectivity index (χ2n) is 6.12. The monoisotopic (exact) mass is 355 g/mol. The zero-order valence-corrected chi connectivity index (χ0v) is 15.0. The van der Waals surface area contributed by atoms with Crippen LogP contribution in [0.2, 0.25) is 0 Å². The van der Waals surface area contributed by atoms with Crippen molar-refractivity contribution >= 4 is 17.4 Å². The summed E-state index contributed by atoms with van der Waals surface area (Å²) < 4.78 is 10.8. The summed E-state index contributed by atoms with van der Waals surface area (Å²) in [7, 11) is 1.60. The summed E-state index contributed by atoms with van der Waals surface area (Å²) in [5.74, 6) is 1.34. The molecule has 6 heteroatoms. The minimum atomic E-state index is -0.248. The van der Waals surface area contributed by atoms with Crippen molar-refractivity contribution in [1.29, 1.82) is 0 Å². The van der Waals surface area contributed by atoms with Crippen molar-refractivity contribution in [2.45, 2.75) is 12.8 Å². The lowest BCUT2D eigenvalue weighted by molar-refractivity contribution is 0.246. The van der Waals surface area contributed by atoms with Gasteiger partial charge < -0.3 is 25.0 Å². The third kappa shape index (κ3) is 4.81. The number of nitrogens with zero attached hydrogens (tertiary/aromatic N) is 1. The number of benzene rings is 2. The molecule has 3 rings (SSSR count). The second-order valence-corrected chi connectivity index (χ2v) is 6.12. The van der Waals surface area contributed by atoms with E-state index >= 15 is 0 Å². The van der Waals surface area contributed by atoms with E-state index in [-0.39, 0.29) is 6.03 Å². The van der Waals surface area contributed by atoms with Crippen LogP contribution >= 0.6 is 0 Å². The second kappa shape index (κ2) is 8.99. The van der Waals surface area contributed by atoms with Crippen LogP contribution in [0.25, 0.3) is 0 Å². The number of nitrogens with one attached hydrogen (secondary N) is 2. The lowest BCUT2D eigenvalue weighted by Gasteiger charge is -2.17. The highest BCUT2D eigenvalue weighted by Gasteiger charge is 2.12. The molecule has 1 aliphatic rings. The fourth-order valence-electron chi connectivity index (χ4n) is 2.97. The minimum absolute atomic E-state index is 0.248. The summed E-state index contributed by atoms with van der Waals surface area (Å²) in [6, 6.07) is 15.1. The summed E-state index contributed by atoms with van der Waals surface area (Å²) in [5.41, 5.74) is 1.98. The molecule has 2 aromatic rings. The first-order chi connectivity index (χ1) is 12.8. The van der Waals surface area contributed by atoms with E-state index in [1.165, 1.54) is 18.5 Å². The molecule has 2 N–H and O–H groups in total. The number of para-hydroxylation sites is 2. The Morgan fingerprint density at radius 1 is 1.04 bits per heavy atom. The Morgan fingerprint density at radius 3 is 2.42 bits per heavy atom. The van der Waals surface area contributed by atoms with E-state index in [9.17, 15) is 4.79 Å². The largest absolute Gasteiger partial charge is 0.493 e. The van der Waals surface area contributed by atoms with Crippen LogP contribution in [0.15, 0.2) is 48.5 Å². The molecular weight excluding hydrogens is 330 g/mol. The van der Waals surface area contributed by atoms with Crippen molar-refractivity contribution in [2.75, 3.05) is 43.6 Å². The van der Waals surface area contributed by atoms with Gasteiger partial charge in [0, 0.05) is 24.5 Å². The Kier molecular flexibility index (Phi) is 6.19. The molecule has 1 fully saturated rings. The van der Waals surface area contributed by atoms with Crippen molar-refractivity contribution in [1.82, 2.24) is 5.32 Å². The third-order valence-corrected chi connectivity index (χ3v) is 4.31. The van der Waals surface area contributed by atoms with Gasteiger partial charge in [0.15, 0.2) is 11.5 Å². The number of ether oxygens (including phenoxy) is 2. The van der Waals surface area contributed by atoms with Crippen LogP contribution in [0.3, 0.4) is 0 Å². The molecule has 0 aromatic heterocycles. The lowest BCUT2D eigenvalue weighted by atomic mass is 10.2. The molecule has 0 bridgehead atoms. The van der Waals surface area contributed by atoms with Gasteiger partial charge in [-0.25, -0.2) is 4.79 Å². The first kappa shape index (κ1) is 17.9. The summed E-state index contributed by atoms with van der Waals surface area (Å²) in [6.07, 6.45) is 2.50. The number of amides is 2. The molecule has 0 spiro atoms. The van der Waals surface area contributed by atoms with Crippen LogP contribution in [0.4, 0.5) is 16.2 Å². The number of rotatable bonds is 7. The molecular formula is C20H25N3O3. The maximum absolute atomic E-state index is 12.0. The molecule has 6 nitrogen and oxygen atoms in total. The van der Waals surface area contributed by atoms with Gasteiger partial charge >= 0.3 is 6.03 Å². The fourth-order valence-corrected chi connectivity index (χ4v) is 2.97. The molecule has 2 amide bonds. The number of anilines is 2. The highest BCUT2D eigenvalue weighted by Crippen LogP contribution is 2.25. The summed E-state index contributed by atoms with van der Waals surface area (Å²) in [6.45, 7) is 2.98. The quantitative estimate of drug-likeness (QED) is 0.746. The average molecular weight is 355 g/mol. The number of carbonyl (C=O) groups is 1. The third-order valence-electron chi connectivity index (χ3n) is 4.31. The molecule has 1 aliphatic heterocycles. The van der Waals surface area contributed by atoms with E-state index in [4.69, 9.17) is 9.47 Å². The molecule has 0 saturated carbocycles. The molecule has 0 aliphatic carbocycles. The maximum Gasteiger partial charge on any atom is 0.319 e. The van der Waals surface area contributed by atoms with E-state index in [1.54, 1.807) is 7.11 Å². The molecule has 1 saturated heterocycles. The summed E-state index contributed by atoms with van der Waals surface area (Å²) in [5, 5.41) is 5.61. The predicted octanol–water partition coefficient (Wildman–Crippen LogP) is 3.50. The molecule has 26 heavy (non-hydrogen) atoms. The summed E-state index contributed by atoms with van der Waals surface area (Å²) >= 11 is 0. The van der Waals surface area contributed by atoms with Gasteiger partial charge in [0.2, 0.25) is 0 Å². The van der Waals surface area contributed by atoms with E-state index < -0.39 is 0 Å². The smallest absolute Gasteiger partial charge is 0.319 e. The SMILES string of the molecule is COc1ccccc1OCCNC(=O)Nc1ccc(N2CCCC2)cc1. The van der Waals surface area contributed by atoms with Gasteiger partial charge in [-0.3, -0.25) is 0 Å². The van der Waals surface area contributed by atoms with Crippen molar-refractivity contribution < 1.29 is 14.3 Å². The van der Waals surface area contributed by atoms with Gasteiger partial charge in [-0.15, -0.1) is 0 Å². The summed E-state index contributed by atoms with van der Waals surface area (Å²) in [4.78, 5) is 14.3. The Balaban J connectivity index is 1.40. The molecule has 138 valence electrons. The van der Waals surface area contributed by atoms with Crippen molar-refractivity contribution in [2.24, 2.45) is 0 Å². The first-order valence-corrected chi connectivity index (χ1v) is 8.92. The van der Waals surface area contributed by atoms with Crippen molar-refractivity contribution in [3.05, 3.63) is 48.5 Å². The van der Waals surface area contributed by atoms with Crippen LogP contribution in [0, 0.1) is 0 Å². The molecule has 0 unspecified atom stereocenters. The highest BCUT2D eigenvalue weighted by atomic mass is 16.5. The number of carbonyl (C=O) groups excluding carboxylic acids is 1. The molecule has 2 aromatic carbocycles. The van der Waals surface area contributed by atoms with E-state index in [0.29, 0.717) is 24.7 Å². The van der Waals surface area contributed by atoms with Crippen LogP contribution in [0.5, 0.6) is 11.5 Å². The van der Waals surface area contributed by atoms with Gasteiger partial charge in [-0.2, -0.15) is 0 Å². The number of hydrogen-bond donors (Lipinski definition) is 2. The van der Waals surface area contributed by atoms with Crippen LogP contribution < -0.4 is 25.0 Å². The molecule has 1 heterocycles. The van der Waals surface area contributed by atoms with Gasteiger partial charge in [0.05, 0.1) is 13.7 Å². The Bertz CT molecular complexity index is 712. The topological polar surface area (TPSA) is 62.8 Å². The molecule has 0 radical (unpaired) electrons. The Morgan fingerprint density at radius 2 is 1.73 bits per heavy atom. The normalized spacial score (nSPS) is 13.3. The van der Waals surface area contributed by atoms with Crippen LogP contribution in [0.1, 0.15) is 12.8 Å². The fraction of sp³-hybridized carbons (Fsp3) is 0.350. The zero-order chi connectivity index (χ0) is 18.2. The number of urea groups is 1. The van der Waals surface area contributed by atoms with Crippen molar-refractivity contribution in [3.8, 4) is 11.5 Å². The van der Waals surface area contributed by atoms with E-state index in [2.05, 4.69) is 15.5 Å². The van der Waals surface area contributed by atoms with Gasteiger partial charge in [-0.05, 0) is 49.2 Å². The van der Waals surface area contributed by atoms with Crippen LogP contribution in [-0.2, 0) is 0 Å². The Hall–Kier alpha value is -2.89. The average Bonchev–Trinajstić information content (AvgIpc) is 3.21. The number of hydrogen-bond acceptors (Lipinski definition) is 4. The van der Waals surface area contributed by atoms with E-state index in [1.807, 2.05) is 48.5 Å². The van der Waals surface area contributed by atoms with E-state index in [0.717, 1.165) is 18.8 Å². The van der Waals surface area contributed by atoms with Gasteiger partial charge in [-0.1, -0.05) is 12.1 Å². The first-order valence-electron chi connectivity index (χ1n) is 8.92. The van der Waals surface area contributed by atoms with Gasteiger partial charge in [0.25, 0.3) is 0 Å². The minimum Gasteiger partial charge on any atom is -0.493 e. The van der Waals surface area contributed by atoms with Gasteiger partial charge in [0.1, 0.15) is 6.61 Å². The van der Waals surface area contributed by atoms with Crippen LogP contribution in [-0.4, -0.2) is 39.4 Å².